The predicted octanol–water partition coefficient (Wildman–Crippen LogP) is 2.26. The second-order valence-electron chi connectivity index (χ2n) is 3.64. The highest BCUT2D eigenvalue weighted by atomic mass is 16.5. The highest BCUT2D eigenvalue weighted by molar-refractivity contribution is 5.19. The Balaban J connectivity index is 2.03. The monoisotopic (exact) mass is 177 g/mol. The minimum atomic E-state index is 0.643. The van der Waals surface area contributed by atoms with Crippen LogP contribution in [0, 0.1) is 0 Å². The Hall–Kier alpha value is -0.860. The smallest absolute Gasteiger partial charge is 0.0244 e. The fourth-order valence-corrected chi connectivity index (χ4v) is 1.92. The quantitative estimate of drug-likeness (QED) is 0.711. The minimum Gasteiger partial charge on any atom is -0.314 e. The van der Waals surface area contributed by atoms with Crippen molar-refractivity contribution in [3.63, 3.8) is 0 Å². The molecule has 70 valence electrons. The normalized spacial score (nSPS) is 20.4. The Labute approximate surface area is 78.8 Å². The predicted molar refractivity (Wildman–Crippen MR) is 51.8 cm³/mol. The van der Waals surface area contributed by atoms with Gasteiger partial charge in [0.15, 0.2) is 0 Å². The van der Waals surface area contributed by atoms with E-state index in [4.69, 9.17) is 0 Å². The van der Waals surface area contributed by atoms with E-state index in [2.05, 4.69) is 24.3 Å². The maximum absolute atomic E-state index is 9.21. The van der Waals surface area contributed by atoms with Gasteiger partial charge in [-0.05, 0) is 24.3 Å². The average Bonchev–Trinajstić information content (AvgIpc) is 2.20. The molecule has 1 aromatic carbocycles. The van der Waals surface area contributed by atoms with Gasteiger partial charge in [0.2, 0.25) is 0 Å². The summed E-state index contributed by atoms with van der Waals surface area (Å²) in [4.78, 5) is 0. The number of benzene rings is 1. The second kappa shape index (κ2) is 3.90. The van der Waals surface area contributed by atoms with Crippen LogP contribution in [0.15, 0.2) is 30.3 Å². The van der Waals surface area contributed by atoms with Crippen molar-refractivity contribution in [3.8, 4) is 0 Å². The largest absolute Gasteiger partial charge is 0.314 e. The van der Waals surface area contributed by atoms with E-state index < -0.39 is 0 Å². The zero-order valence-corrected chi connectivity index (χ0v) is 7.69. The van der Waals surface area contributed by atoms with E-state index in [-0.39, 0.29) is 0 Å². The summed E-state index contributed by atoms with van der Waals surface area (Å²) in [5.74, 6) is 0.643. The van der Waals surface area contributed by atoms with E-state index in [1.807, 2.05) is 6.07 Å². The third-order valence-corrected chi connectivity index (χ3v) is 2.74. The Bertz CT molecular complexity index is 252. The Morgan fingerprint density at radius 2 is 1.69 bits per heavy atom. The molecular weight excluding hydrogens is 162 g/mol. The van der Waals surface area contributed by atoms with Crippen LogP contribution < -0.4 is 0 Å². The van der Waals surface area contributed by atoms with Crippen molar-refractivity contribution < 1.29 is 5.21 Å². The van der Waals surface area contributed by atoms with Crippen molar-refractivity contribution in [1.82, 2.24) is 5.06 Å². The van der Waals surface area contributed by atoms with Crippen LogP contribution in [0.25, 0.3) is 0 Å². The molecule has 1 aliphatic rings. The molecule has 1 aliphatic heterocycles. The Morgan fingerprint density at radius 1 is 1.08 bits per heavy atom. The first-order valence-electron chi connectivity index (χ1n) is 4.85. The molecule has 2 nitrogen and oxygen atoms in total. The molecule has 13 heavy (non-hydrogen) atoms. The van der Waals surface area contributed by atoms with E-state index in [0.29, 0.717) is 5.92 Å². The molecule has 0 atom stereocenters. The summed E-state index contributed by atoms with van der Waals surface area (Å²) in [5.41, 5.74) is 1.41. The number of rotatable bonds is 1. The van der Waals surface area contributed by atoms with Gasteiger partial charge in [0.25, 0.3) is 0 Å². The Kier molecular flexibility index (Phi) is 2.62. The van der Waals surface area contributed by atoms with Gasteiger partial charge >= 0.3 is 0 Å². The van der Waals surface area contributed by atoms with Crippen molar-refractivity contribution in [1.29, 1.82) is 0 Å². The molecule has 1 aromatic rings. The van der Waals surface area contributed by atoms with Crippen LogP contribution >= 0.6 is 0 Å². The van der Waals surface area contributed by atoms with Crippen LogP contribution in [0.1, 0.15) is 24.3 Å². The van der Waals surface area contributed by atoms with Gasteiger partial charge < -0.3 is 5.21 Å². The maximum Gasteiger partial charge on any atom is 0.0244 e. The van der Waals surface area contributed by atoms with Crippen molar-refractivity contribution in [2.24, 2.45) is 0 Å². The molecule has 0 aliphatic carbocycles. The first-order valence-corrected chi connectivity index (χ1v) is 4.85. The lowest BCUT2D eigenvalue weighted by Gasteiger charge is -2.27. The molecule has 1 N–H and O–H groups in total. The SMILES string of the molecule is ON1CCC(c2ccccc2)CC1. The molecular formula is C11H15NO. The number of nitrogens with zero attached hydrogens (tertiary/aromatic N) is 1. The van der Waals surface area contributed by atoms with E-state index in [9.17, 15) is 5.21 Å². The topological polar surface area (TPSA) is 23.5 Å². The number of hydroxylamine groups is 2. The van der Waals surface area contributed by atoms with E-state index in [1.54, 1.807) is 0 Å². The summed E-state index contributed by atoms with van der Waals surface area (Å²) in [6.45, 7) is 1.61. The molecule has 0 unspecified atom stereocenters. The first kappa shape index (κ1) is 8.73. The van der Waals surface area contributed by atoms with Gasteiger partial charge in [-0.1, -0.05) is 30.3 Å². The van der Waals surface area contributed by atoms with Crippen molar-refractivity contribution in [3.05, 3.63) is 35.9 Å². The highest BCUT2D eigenvalue weighted by Gasteiger charge is 2.18. The number of hydrogen-bond donors (Lipinski definition) is 1. The van der Waals surface area contributed by atoms with Crippen LogP contribution in [0.3, 0.4) is 0 Å². The second-order valence-corrected chi connectivity index (χ2v) is 3.64. The molecule has 0 saturated carbocycles. The molecule has 0 radical (unpaired) electrons. The standard InChI is InChI=1S/C11H15NO/c13-12-8-6-11(7-9-12)10-4-2-1-3-5-10/h1-5,11,13H,6-9H2. The number of piperidine rings is 1. The molecule has 2 heteroatoms. The Morgan fingerprint density at radius 3 is 2.31 bits per heavy atom. The lowest BCUT2D eigenvalue weighted by molar-refractivity contribution is -0.106. The minimum absolute atomic E-state index is 0.643. The van der Waals surface area contributed by atoms with Gasteiger partial charge in [0.1, 0.15) is 0 Å². The van der Waals surface area contributed by atoms with Crippen LogP contribution in [-0.2, 0) is 0 Å². The third kappa shape index (κ3) is 2.08. The summed E-state index contributed by atoms with van der Waals surface area (Å²) in [7, 11) is 0. The van der Waals surface area contributed by atoms with Gasteiger partial charge in [-0.2, -0.15) is 5.06 Å². The maximum atomic E-state index is 9.21. The first-order chi connectivity index (χ1) is 6.36. The summed E-state index contributed by atoms with van der Waals surface area (Å²) in [5, 5.41) is 10.6. The number of hydrogen-bond acceptors (Lipinski definition) is 2. The molecule has 1 fully saturated rings. The fourth-order valence-electron chi connectivity index (χ4n) is 1.92. The van der Waals surface area contributed by atoms with Crippen molar-refractivity contribution >= 4 is 0 Å². The third-order valence-electron chi connectivity index (χ3n) is 2.74. The molecule has 1 saturated heterocycles. The summed E-state index contributed by atoms with van der Waals surface area (Å²) in [6, 6.07) is 10.6. The van der Waals surface area contributed by atoms with Crippen LogP contribution in [-0.4, -0.2) is 23.4 Å². The lowest BCUT2D eigenvalue weighted by Crippen LogP contribution is -2.29. The van der Waals surface area contributed by atoms with Crippen LogP contribution in [0.2, 0.25) is 0 Å². The van der Waals surface area contributed by atoms with Crippen molar-refractivity contribution in [2.75, 3.05) is 13.1 Å². The van der Waals surface area contributed by atoms with Gasteiger partial charge in [-0.25, -0.2) is 0 Å². The molecule has 0 spiro atoms. The summed E-state index contributed by atoms with van der Waals surface area (Å²) < 4.78 is 0. The molecule has 2 rings (SSSR count). The summed E-state index contributed by atoms with van der Waals surface area (Å²) >= 11 is 0. The fraction of sp³-hybridized carbons (Fsp3) is 0.455. The van der Waals surface area contributed by atoms with Crippen LogP contribution in [0.5, 0.6) is 0 Å². The summed E-state index contributed by atoms with van der Waals surface area (Å²) in [6.07, 6.45) is 2.14. The van der Waals surface area contributed by atoms with E-state index in [1.165, 1.54) is 10.6 Å². The zero-order chi connectivity index (χ0) is 9.10. The average molecular weight is 177 g/mol. The van der Waals surface area contributed by atoms with E-state index in [0.717, 1.165) is 25.9 Å². The molecule has 0 bridgehead atoms. The van der Waals surface area contributed by atoms with Crippen molar-refractivity contribution in [2.45, 2.75) is 18.8 Å². The van der Waals surface area contributed by atoms with Gasteiger partial charge in [-0.15, -0.1) is 0 Å². The molecule has 1 heterocycles. The van der Waals surface area contributed by atoms with Crippen LogP contribution in [0.4, 0.5) is 0 Å². The lowest BCUT2D eigenvalue weighted by atomic mass is 9.90. The van der Waals surface area contributed by atoms with Gasteiger partial charge in [0.05, 0.1) is 0 Å². The van der Waals surface area contributed by atoms with Gasteiger partial charge in [-0.3, -0.25) is 0 Å². The van der Waals surface area contributed by atoms with E-state index >= 15 is 0 Å². The molecule has 0 aromatic heterocycles. The molecule has 0 amide bonds. The zero-order valence-electron chi connectivity index (χ0n) is 7.69. The van der Waals surface area contributed by atoms with Gasteiger partial charge in [0, 0.05) is 13.1 Å². The highest BCUT2D eigenvalue weighted by Crippen LogP contribution is 2.26.